The van der Waals surface area contributed by atoms with Crippen molar-refractivity contribution in [2.75, 3.05) is 0 Å². The van der Waals surface area contributed by atoms with Gasteiger partial charge in [-0.25, -0.2) is 5.10 Å². The van der Waals surface area contributed by atoms with Gasteiger partial charge in [-0.05, 0) is 26.4 Å². The van der Waals surface area contributed by atoms with Crippen molar-refractivity contribution < 1.29 is 0 Å². The second-order valence-corrected chi connectivity index (χ2v) is 1.44. The number of nitrogens with one attached hydrogen (secondary N) is 1. The first-order valence-electron chi connectivity index (χ1n) is 1.29. The van der Waals surface area contributed by atoms with Gasteiger partial charge in [0, 0.05) is 0 Å². The van der Waals surface area contributed by atoms with E-state index in [9.17, 15) is 0 Å². The molecule has 0 aromatic carbocycles. The number of tetrazole rings is 1. The maximum absolute atomic E-state index is 3.42. The van der Waals surface area contributed by atoms with Crippen molar-refractivity contribution in [3.8, 4) is 0 Å². The van der Waals surface area contributed by atoms with E-state index >= 15 is 0 Å². The lowest BCUT2D eigenvalue weighted by Crippen LogP contribution is -1.64. The first-order chi connectivity index (χ1) is 2.89. The van der Waals surface area contributed by atoms with Crippen molar-refractivity contribution in [1.82, 2.24) is 20.6 Å². The van der Waals surface area contributed by atoms with Crippen molar-refractivity contribution >= 4 is 15.9 Å². The Balaban J connectivity index is 3.05. The first-order valence-corrected chi connectivity index (χ1v) is 2.08. The first kappa shape index (κ1) is 3.73. The van der Waals surface area contributed by atoms with E-state index in [4.69, 9.17) is 0 Å². The normalized spacial score (nSPS) is 8.83. The summed E-state index contributed by atoms with van der Waals surface area (Å²) < 4.78 is 0.558. The molecule has 1 N–H and O–H groups in total. The van der Waals surface area contributed by atoms with Gasteiger partial charge in [0.25, 0.3) is 0 Å². The third-order valence-electron chi connectivity index (χ3n) is 0.319. The highest BCUT2D eigenvalue weighted by molar-refractivity contribution is 9.10. The average molecular weight is 149 g/mol. The fourth-order valence-electron chi connectivity index (χ4n) is 0.148. The van der Waals surface area contributed by atoms with Crippen LogP contribution in [0.15, 0.2) is 4.73 Å². The second-order valence-electron chi connectivity index (χ2n) is 0.692. The van der Waals surface area contributed by atoms with Gasteiger partial charge in [-0.1, -0.05) is 0 Å². The zero-order valence-corrected chi connectivity index (χ0v) is 4.31. The largest absolute Gasteiger partial charge is 0.233 e. The topological polar surface area (TPSA) is 54.5 Å². The van der Waals surface area contributed by atoms with Crippen LogP contribution in [0.4, 0.5) is 0 Å². The van der Waals surface area contributed by atoms with Crippen molar-refractivity contribution in [1.29, 1.82) is 0 Å². The molecular formula is CHBrN4. The molecule has 5 heteroatoms. The molecule has 4 nitrogen and oxygen atoms in total. The third-order valence-corrected chi connectivity index (χ3v) is 0.655. The summed E-state index contributed by atoms with van der Waals surface area (Å²) in [6.07, 6.45) is 0. The van der Waals surface area contributed by atoms with Crippen molar-refractivity contribution in [3.05, 3.63) is 4.73 Å². The maximum Gasteiger partial charge on any atom is 0.215 e. The van der Waals surface area contributed by atoms with Gasteiger partial charge >= 0.3 is 0 Å². The number of hydrogen-bond donors (Lipinski definition) is 1. The van der Waals surface area contributed by atoms with Gasteiger partial charge in [0.1, 0.15) is 0 Å². The van der Waals surface area contributed by atoms with Crippen molar-refractivity contribution in [3.63, 3.8) is 0 Å². The van der Waals surface area contributed by atoms with Crippen LogP contribution in [0, 0.1) is 0 Å². The van der Waals surface area contributed by atoms with Gasteiger partial charge in [0.15, 0.2) is 0 Å². The Morgan fingerprint density at radius 2 is 2.50 bits per heavy atom. The molecule has 0 aliphatic heterocycles. The summed E-state index contributed by atoms with van der Waals surface area (Å²) >= 11 is 2.99. The predicted molar refractivity (Wildman–Crippen MR) is 21.9 cm³/mol. The van der Waals surface area contributed by atoms with Crippen LogP contribution in [-0.2, 0) is 0 Å². The van der Waals surface area contributed by atoms with Crippen LogP contribution in [0.3, 0.4) is 0 Å². The minimum atomic E-state index is 0.558. The van der Waals surface area contributed by atoms with Gasteiger partial charge in [-0.15, -0.1) is 5.10 Å². The molecule has 1 heterocycles. The van der Waals surface area contributed by atoms with Crippen LogP contribution in [0.2, 0.25) is 0 Å². The van der Waals surface area contributed by atoms with E-state index in [1.165, 1.54) is 0 Å². The van der Waals surface area contributed by atoms with Crippen LogP contribution >= 0.6 is 15.9 Å². The Kier molecular flexibility index (Phi) is 0.831. The Hall–Kier alpha value is -0.450. The highest BCUT2D eigenvalue weighted by Crippen LogP contribution is 1.91. The molecule has 1 aromatic rings. The number of aromatic amines is 1. The molecule has 0 saturated carbocycles. The van der Waals surface area contributed by atoms with Gasteiger partial charge in [0.2, 0.25) is 4.73 Å². The minimum absolute atomic E-state index is 0.558. The lowest BCUT2D eigenvalue weighted by atomic mass is 11.4. The Morgan fingerprint density at radius 1 is 1.67 bits per heavy atom. The number of H-pyrrole nitrogens is 1. The number of aromatic nitrogens is 4. The molecule has 0 atom stereocenters. The highest BCUT2D eigenvalue weighted by Gasteiger charge is 1.80. The zero-order chi connectivity index (χ0) is 4.41. The molecule has 0 aliphatic rings. The van der Waals surface area contributed by atoms with Crippen molar-refractivity contribution in [2.24, 2.45) is 0 Å². The van der Waals surface area contributed by atoms with E-state index in [2.05, 4.69) is 36.6 Å². The summed E-state index contributed by atoms with van der Waals surface area (Å²) in [6.45, 7) is 0. The van der Waals surface area contributed by atoms with E-state index in [0.29, 0.717) is 4.73 Å². The average Bonchev–Trinajstić information content (AvgIpc) is 1.86. The van der Waals surface area contributed by atoms with E-state index in [1.54, 1.807) is 0 Å². The molecule has 0 aliphatic carbocycles. The van der Waals surface area contributed by atoms with Crippen LogP contribution in [-0.4, -0.2) is 20.6 Å². The van der Waals surface area contributed by atoms with E-state index in [0.717, 1.165) is 0 Å². The molecule has 6 heavy (non-hydrogen) atoms. The summed E-state index contributed by atoms with van der Waals surface area (Å²) in [6, 6.07) is 0. The Labute approximate surface area is 42.1 Å². The molecule has 0 unspecified atom stereocenters. The summed E-state index contributed by atoms with van der Waals surface area (Å²) in [5.74, 6) is 0. The molecule has 1 aromatic heterocycles. The van der Waals surface area contributed by atoms with E-state index in [-0.39, 0.29) is 0 Å². The molecule has 0 radical (unpaired) electrons. The predicted octanol–water partition coefficient (Wildman–Crippen LogP) is -0.0378. The summed E-state index contributed by atoms with van der Waals surface area (Å²) in [7, 11) is 0. The van der Waals surface area contributed by atoms with Gasteiger partial charge < -0.3 is 0 Å². The molecular weight excluding hydrogens is 148 g/mol. The smallest absolute Gasteiger partial charge is 0.215 e. The lowest BCUT2D eigenvalue weighted by molar-refractivity contribution is 0.881. The van der Waals surface area contributed by atoms with Crippen molar-refractivity contribution in [2.45, 2.75) is 0 Å². The molecule has 0 bridgehead atoms. The summed E-state index contributed by atoms with van der Waals surface area (Å²) in [5.41, 5.74) is 0. The van der Waals surface area contributed by atoms with Crippen LogP contribution < -0.4 is 0 Å². The molecule has 32 valence electrons. The molecule has 0 fully saturated rings. The maximum atomic E-state index is 3.42. The second kappa shape index (κ2) is 1.34. The molecule has 0 saturated heterocycles. The molecule has 0 amide bonds. The Bertz CT molecular complexity index is 111. The molecule has 0 spiro atoms. The minimum Gasteiger partial charge on any atom is -0.233 e. The quantitative estimate of drug-likeness (QED) is 0.563. The van der Waals surface area contributed by atoms with Crippen LogP contribution in [0.1, 0.15) is 0 Å². The number of nitrogens with zero attached hydrogens (tertiary/aromatic N) is 3. The van der Waals surface area contributed by atoms with E-state index < -0.39 is 0 Å². The van der Waals surface area contributed by atoms with Gasteiger partial charge in [-0.2, -0.15) is 0 Å². The van der Waals surface area contributed by atoms with E-state index in [1.807, 2.05) is 0 Å². The lowest BCUT2D eigenvalue weighted by Gasteiger charge is -1.59. The number of hydrogen-bond acceptors (Lipinski definition) is 3. The van der Waals surface area contributed by atoms with Crippen LogP contribution in [0.5, 0.6) is 0 Å². The SMILES string of the molecule is Brc1nnn[nH]1. The number of halogens is 1. The fourth-order valence-corrected chi connectivity index (χ4v) is 0.298. The summed E-state index contributed by atoms with van der Waals surface area (Å²) in [5, 5.41) is 12.4. The van der Waals surface area contributed by atoms with Gasteiger partial charge in [-0.3, -0.25) is 0 Å². The molecule has 1 rings (SSSR count). The fraction of sp³-hybridized carbons (Fsp3) is 0. The summed E-state index contributed by atoms with van der Waals surface area (Å²) in [4.78, 5) is 0. The third kappa shape index (κ3) is 0.538. The Morgan fingerprint density at radius 3 is 2.67 bits per heavy atom. The monoisotopic (exact) mass is 148 g/mol. The highest BCUT2D eigenvalue weighted by atomic mass is 79.9. The van der Waals surface area contributed by atoms with Crippen LogP contribution in [0.25, 0.3) is 0 Å². The zero-order valence-electron chi connectivity index (χ0n) is 2.72. The number of rotatable bonds is 0. The standard InChI is InChI=1S/CHBrN4/c2-1-3-5-6-4-1/h(H,3,4,5,6). The van der Waals surface area contributed by atoms with Gasteiger partial charge in [0.05, 0.1) is 0 Å².